The minimum Gasteiger partial charge on any atom is -0.381 e. The van der Waals surface area contributed by atoms with Gasteiger partial charge in [0, 0.05) is 17.7 Å². The first-order valence-corrected chi connectivity index (χ1v) is 13.8. The fraction of sp³-hybridized carbons (Fsp3) is 0.323. The summed E-state index contributed by atoms with van der Waals surface area (Å²) in [4.78, 5) is 44.3. The van der Waals surface area contributed by atoms with Crippen molar-refractivity contribution in [1.82, 2.24) is 10.6 Å². The highest BCUT2D eigenvalue weighted by Gasteiger charge is 2.59. The number of nitrogens with zero attached hydrogens (tertiary/aromatic N) is 2. The van der Waals surface area contributed by atoms with Crippen molar-refractivity contribution in [3.8, 4) is 0 Å². The van der Waals surface area contributed by atoms with E-state index in [4.69, 9.17) is 0 Å². The molecule has 0 radical (unpaired) electrons. The number of benzene rings is 3. The maximum atomic E-state index is 13.9. The topological polar surface area (TPSA) is 114 Å². The average Bonchev–Trinajstić information content (AvgIpc) is 3.35. The molecule has 204 valence electrons. The number of carbonyl (C=O) groups is 3. The van der Waals surface area contributed by atoms with Crippen molar-refractivity contribution < 1.29 is 19.5 Å². The van der Waals surface area contributed by atoms with E-state index in [0.717, 1.165) is 0 Å². The van der Waals surface area contributed by atoms with Crippen LogP contribution in [0.25, 0.3) is 0 Å². The molecule has 1 fully saturated rings. The Morgan fingerprint density at radius 2 is 1.52 bits per heavy atom. The summed E-state index contributed by atoms with van der Waals surface area (Å²) in [5, 5.41) is 22.6. The van der Waals surface area contributed by atoms with Gasteiger partial charge in [0.1, 0.15) is 17.9 Å². The highest BCUT2D eigenvalue weighted by atomic mass is 16.3. The number of fused-ring (bicyclic) bond motifs is 7. The molecule has 3 amide bonds. The van der Waals surface area contributed by atoms with Crippen molar-refractivity contribution >= 4 is 34.8 Å². The fourth-order valence-electron chi connectivity index (χ4n) is 6.81. The lowest BCUT2D eigenvalue weighted by Crippen LogP contribution is -2.61. The van der Waals surface area contributed by atoms with Crippen molar-refractivity contribution in [2.24, 2.45) is 5.92 Å². The molecule has 9 heteroatoms. The average molecular weight is 538 g/mol. The van der Waals surface area contributed by atoms with Crippen LogP contribution in [-0.2, 0) is 10.4 Å². The van der Waals surface area contributed by atoms with Crippen molar-refractivity contribution in [2.75, 3.05) is 15.1 Å². The van der Waals surface area contributed by atoms with Gasteiger partial charge in [-0.3, -0.25) is 29.5 Å². The molecule has 4 heterocycles. The molecule has 0 spiro atoms. The first-order chi connectivity index (χ1) is 19.3. The van der Waals surface area contributed by atoms with E-state index in [0.29, 0.717) is 40.2 Å². The molecule has 0 aromatic heterocycles. The number of nitrogens with one attached hydrogen (secondary N) is 3. The molecule has 0 aliphatic carbocycles. The summed E-state index contributed by atoms with van der Waals surface area (Å²) in [6, 6.07) is 20.6. The van der Waals surface area contributed by atoms with E-state index in [2.05, 4.69) is 29.8 Å². The molecule has 4 N–H and O–H groups in total. The number of carbonyl (C=O) groups excluding carboxylic acids is 3. The summed E-state index contributed by atoms with van der Waals surface area (Å²) in [5.74, 6) is -0.329. The molecule has 0 saturated carbocycles. The number of hydrogen-bond donors (Lipinski definition) is 4. The predicted octanol–water partition coefficient (Wildman–Crippen LogP) is 3.17. The van der Waals surface area contributed by atoms with Gasteiger partial charge in [-0.25, -0.2) is 0 Å². The highest BCUT2D eigenvalue weighted by Crippen LogP contribution is 2.49. The normalized spacial score (nSPS) is 28.2. The highest BCUT2D eigenvalue weighted by molar-refractivity contribution is 6.15. The van der Waals surface area contributed by atoms with Crippen LogP contribution in [0.15, 0.2) is 72.8 Å². The standard InChI is InChI=1S/C31H31N5O4/c1-17(2)15-22-29(39)36-25-14-8-5-11-20(25)31(40,30(36)34-22)16-23-26-32-21-12-6-3-9-18(21)28(38)35(26)24-13-7-4-10-19(24)27(37)33-23/h3-14,17,22-23,26,30,32,34,40H,15-16H2,1-2H3,(H,33,37)/t22-,23-,26?,30-,31-/m0/s1. The Kier molecular flexibility index (Phi) is 5.52. The number of para-hydroxylation sites is 3. The Hall–Kier alpha value is -4.21. The van der Waals surface area contributed by atoms with E-state index in [-0.39, 0.29) is 30.1 Å². The lowest BCUT2D eigenvalue weighted by Gasteiger charge is -2.43. The second kappa shape index (κ2) is 8.90. The quantitative estimate of drug-likeness (QED) is 0.407. The lowest BCUT2D eigenvalue weighted by molar-refractivity contribution is -0.119. The van der Waals surface area contributed by atoms with Crippen LogP contribution < -0.4 is 25.8 Å². The molecule has 40 heavy (non-hydrogen) atoms. The van der Waals surface area contributed by atoms with E-state index < -0.39 is 30.0 Å². The van der Waals surface area contributed by atoms with Gasteiger partial charge >= 0.3 is 0 Å². The van der Waals surface area contributed by atoms with E-state index in [1.807, 2.05) is 42.5 Å². The summed E-state index contributed by atoms with van der Waals surface area (Å²) < 4.78 is 0. The van der Waals surface area contributed by atoms with Gasteiger partial charge in [-0.1, -0.05) is 56.3 Å². The minimum absolute atomic E-state index is 0.0587. The molecular weight excluding hydrogens is 506 g/mol. The van der Waals surface area contributed by atoms with Gasteiger partial charge in [0.05, 0.1) is 34.6 Å². The van der Waals surface area contributed by atoms with Crippen molar-refractivity contribution in [3.05, 3.63) is 89.5 Å². The molecule has 1 unspecified atom stereocenters. The molecule has 9 nitrogen and oxygen atoms in total. The van der Waals surface area contributed by atoms with Crippen LogP contribution in [-0.4, -0.2) is 47.2 Å². The number of rotatable bonds is 4. The number of aliphatic hydroxyl groups is 1. The van der Waals surface area contributed by atoms with Crippen LogP contribution in [0.5, 0.6) is 0 Å². The van der Waals surface area contributed by atoms with Crippen molar-refractivity contribution in [2.45, 2.75) is 56.7 Å². The fourth-order valence-corrected chi connectivity index (χ4v) is 6.81. The first kappa shape index (κ1) is 24.8. The zero-order chi connectivity index (χ0) is 27.8. The number of anilines is 3. The first-order valence-electron chi connectivity index (χ1n) is 13.8. The van der Waals surface area contributed by atoms with Gasteiger partial charge in [-0.2, -0.15) is 0 Å². The monoisotopic (exact) mass is 537 g/mol. The van der Waals surface area contributed by atoms with Crippen molar-refractivity contribution in [1.29, 1.82) is 0 Å². The summed E-state index contributed by atoms with van der Waals surface area (Å²) in [7, 11) is 0. The summed E-state index contributed by atoms with van der Waals surface area (Å²) in [6.07, 6.45) is -0.682. The summed E-state index contributed by atoms with van der Waals surface area (Å²) in [6.45, 7) is 4.13. The second-order valence-electron chi connectivity index (χ2n) is 11.5. The van der Waals surface area contributed by atoms with Gasteiger partial charge in [-0.05, 0) is 42.7 Å². The molecule has 7 rings (SSSR count). The smallest absolute Gasteiger partial charge is 0.262 e. The molecular formula is C31H31N5O4. The largest absolute Gasteiger partial charge is 0.381 e. The Bertz CT molecular complexity index is 1560. The summed E-state index contributed by atoms with van der Waals surface area (Å²) >= 11 is 0. The lowest BCUT2D eigenvalue weighted by atomic mass is 9.84. The molecule has 3 aromatic rings. The Balaban J connectivity index is 1.33. The maximum absolute atomic E-state index is 13.9. The van der Waals surface area contributed by atoms with Gasteiger partial charge in [-0.15, -0.1) is 0 Å². The number of hydrogen-bond acceptors (Lipinski definition) is 6. The van der Waals surface area contributed by atoms with E-state index in [1.54, 1.807) is 40.1 Å². The minimum atomic E-state index is -1.53. The van der Waals surface area contributed by atoms with E-state index >= 15 is 0 Å². The molecule has 1 saturated heterocycles. The van der Waals surface area contributed by atoms with Crippen LogP contribution in [0.4, 0.5) is 17.1 Å². The zero-order valence-electron chi connectivity index (χ0n) is 22.3. The Morgan fingerprint density at radius 1 is 0.850 bits per heavy atom. The summed E-state index contributed by atoms with van der Waals surface area (Å²) in [5.41, 5.74) is 1.82. The maximum Gasteiger partial charge on any atom is 0.262 e. The Morgan fingerprint density at radius 3 is 2.30 bits per heavy atom. The molecule has 4 aliphatic heterocycles. The third kappa shape index (κ3) is 3.51. The van der Waals surface area contributed by atoms with Crippen molar-refractivity contribution in [3.63, 3.8) is 0 Å². The van der Waals surface area contributed by atoms with E-state index in [9.17, 15) is 19.5 Å². The zero-order valence-corrected chi connectivity index (χ0v) is 22.3. The molecule has 5 atom stereocenters. The van der Waals surface area contributed by atoms with Gasteiger partial charge in [0.15, 0.2) is 0 Å². The SMILES string of the molecule is CC(C)C[C@@H]1N[C@H]2N(C1=O)c1ccccc1[C@@]2(O)C[C@@H]1NC(=O)c2ccccc2N2C(=O)c3ccccc3NC12. The third-order valence-electron chi connectivity index (χ3n) is 8.54. The molecule has 3 aromatic carbocycles. The number of amides is 3. The van der Waals surface area contributed by atoms with Crippen LogP contribution in [0.1, 0.15) is 53.0 Å². The molecule has 0 bridgehead atoms. The third-order valence-corrected chi connectivity index (χ3v) is 8.54. The predicted molar refractivity (Wildman–Crippen MR) is 151 cm³/mol. The second-order valence-corrected chi connectivity index (χ2v) is 11.5. The molecule has 4 aliphatic rings. The Labute approximate surface area is 232 Å². The van der Waals surface area contributed by atoms with Gasteiger partial charge in [0.25, 0.3) is 11.8 Å². The van der Waals surface area contributed by atoms with Gasteiger partial charge < -0.3 is 15.7 Å². The van der Waals surface area contributed by atoms with Crippen LogP contribution in [0.2, 0.25) is 0 Å². The van der Waals surface area contributed by atoms with Crippen LogP contribution in [0, 0.1) is 5.92 Å². The van der Waals surface area contributed by atoms with Gasteiger partial charge in [0.2, 0.25) is 5.91 Å². The van der Waals surface area contributed by atoms with E-state index in [1.165, 1.54) is 0 Å². The van der Waals surface area contributed by atoms with Crippen LogP contribution in [0.3, 0.4) is 0 Å². The van der Waals surface area contributed by atoms with Crippen LogP contribution >= 0.6 is 0 Å².